The minimum atomic E-state index is -4.71. The van der Waals surface area contributed by atoms with E-state index in [1.54, 1.807) is 13.0 Å². The number of nitrogens with zero attached hydrogens (tertiary/aromatic N) is 4. The highest BCUT2D eigenvalue weighted by atomic mass is 19.4. The van der Waals surface area contributed by atoms with Gasteiger partial charge in [-0.2, -0.15) is 18.3 Å². The van der Waals surface area contributed by atoms with Crippen LogP contribution in [0.4, 0.5) is 27.6 Å². The zero-order chi connectivity index (χ0) is 26.5. The number of aliphatic imine (C=N–C) groups is 1. The molecule has 14 heteroatoms. The summed E-state index contributed by atoms with van der Waals surface area (Å²) < 4.78 is 65.3. The molecule has 1 unspecified atom stereocenters. The summed E-state index contributed by atoms with van der Waals surface area (Å²) in [7, 11) is 0. The Labute approximate surface area is 201 Å². The Kier molecular flexibility index (Phi) is 7.86. The Bertz CT molecular complexity index is 1310. The van der Waals surface area contributed by atoms with Gasteiger partial charge in [-0.1, -0.05) is 6.92 Å². The van der Waals surface area contributed by atoms with Crippen LogP contribution in [-0.2, 0) is 6.18 Å². The number of anilines is 1. The highest BCUT2D eigenvalue weighted by Crippen LogP contribution is 2.34. The van der Waals surface area contributed by atoms with Crippen molar-refractivity contribution < 1.29 is 22.0 Å². The van der Waals surface area contributed by atoms with E-state index >= 15 is 0 Å². The Balaban J connectivity index is 2.03. The maximum Gasteiger partial charge on any atom is 0.451 e. The van der Waals surface area contributed by atoms with E-state index in [0.29, 0.717) is 24.0 Å². The Hall–Kier alpha value is -4.49. The quantitative estimate of drug-likeness (QED) is 0.112. The predicted octanol–water partition coefficient (Wildman–Crippen LogP) is 5.56. The summed E-state index contributed by atoms with van der Waals surface area (Å²) in [5.74, 6) is -4.03. The van der Waals surface area contributed by atoms with E-state index in [1.807, 2.05) is 0 Å². The van der Waals surface area contributed by atoms with Crippen molar-refractivity contribution in [2.45, 2.75) is 25.4 Å². The van der Waals surface area contributed by atoms with E-state index in [9.17, 15) is 22.0 Å². The lowest BCUT2D eigenvalue weighted by molar-refractivity contribution is -0.144. The van der Waals surface area contributed by atoms with Crippen LogP contribution in [0.5, 0.6) is 0 Å². The first-order valence-corrected chi connectivity index (χ1v) is 10.3. The highest BCUT2D eigenvalue weighted by Gasteiger charge is 2.34. The lowest BCUT2D eigenvalue weighted by Crippen LogP contribution is -2.16. The number of halogens is 5. The minimum Gasteiger partial charge on any atom is -0.382 e. The molecule has 2 heterocycles. The average Bonchev–Trinajstić information content (AvgIpc) is 3.28. The second-order valence-corrected chi connectivity index (χ2v) is 7.36. The lowest BCUT2D eigenvalue weighted by atomic mass is 9.98. The van der Waals surface area contributed by atoms with E-state index in [-0.39, 0.29) is 28.5 Å². The number of amidine groups is 1. The summed E-state index contributed by atoms with van der Waals surface area (Å²) in [5, 5.41) is 13.5. The predicted molar refractivity (Wildman–Crippen MR) is 123 cm³/mol. The molecule has 0 saturated carbocycles. The van der Waals surface area contributed by atoms with Crippen LogP contribution < -0.4 is 11.1 Å². The highest BCUT2D eigenvalue weighted by molar-refractivity contribution is 6.04. The summed E-state index contributed by atoms with van der Waals surface area (Å²) >= 11 is 0. The van der Waals surface area contributed by atoms with Gasteiger partial charge >= 0.3 is 6.18 Å². The molecule has 0 aliphatic rings. The lowest BCUT2D eigenvalue weighted by Gasteiger charge is -2.14. The van der Waals surface area contributed by atoms with Crippen molar-refractivity contribution in [3.63, 3.8) is 0 Å². The molecule has 1 aromatic carbocycles. The van der Waals surface area contributed by atoms with Gasteiger partial charge < -0.3 is 16.0 Å². The Morgan fingerprint density at radius 2 is 1.89 bits per heavy atom. The minimum absolute atomic E-state index is 0.116. The third kappa shape index (κ3) is 5.76. The van der Waals surface area contributed by atoms with Crippen molar-refractivity contribution in [2.24, 2.45) is 15.8 Å². The zero-order valence-corrected chi connectivity index (χ0v) is 18.7. The molecule has 1 atom stereocenters. The molecule has 0 saturated heterocycles. The van der Waals surface area contributed by atoms with Crippen molar-refractivity contribution in [2.75, 3.05) is 5.32 Å². The zero-order valence-electron chi connectivity index (χ0n) is 18.7. The number of hydrogen-bond donors (Lipinski definition) is 5. The van der Waals surface area contributed by atoms with E-state index in [1.165, 1.54) is 12.3 Å². The SMILES string of the molecule is CCC(/C(=C/Nc1ccc(F)c(F)c1)N=N)c1cc(-c2cnc(C(F)(F)F)nc2)c(/C(N)=N\C=N)[nH]1. The average molecular weight is 505 g/mol. The van der Waals surface area contributed by atoms with E-state index in [2.05, 4.69) is 30.4 Å². The number of nitrogens with one attached hydrogen (secondary N) is 4. The molecular weight excluding hydrogens is 485 g/mol. The van der Waals surface area contributed by atoms with Crippen LogP contribution in [0.15, 0.2) is 58.7 Å². The molecule has 36 heavy (non-hydrogen) atoms. The fraction of sp³-hybridized carbons (Fsp3) is 0.182. The summed E-state index contributed by atoms with van der Waals surface area (Å²) in [5.41, 5.74) is 15.2. The van der Waals surface area contributed by atoms with Gasteiger partial charge in [0, 0.05) is 53.1 Å². The second kappa shape index (κ2) is 10.8. The summed E-state index contributed by atoms with van der Waals surface area (Å²) in [6.45, 7) is 1.80. The standard InChI is InChI=1S/C22H20F5N9/c1-2-13(18(36-30)9-31-12-3-4-15(23)16(24)5-12)17-6-14(19(35-17)20(29)34-10-28)11-7-32-21(33-8-11)22(25,26)27/h3-10,13,30-31,35H,2H2,1H3,(H3,28,29,34)/b18-9-,36-30?. The molecule has 0 aliphatic heterocycles. The van der Waals surface area contributed by atoms with Crippen LogP contribution in [0, 0.1) is 22.6 Å². The fourth-order valence-corrected chi connectivity index (χ4v) is 3.38. The van der Waals surface area contributed by atoms with E-state index < -0.39 is 29.6 Å². The molecule has 2 aromatic heterocycles. The molecule has 188 valence electrons. The van der Waals surface area contributed by atoms with Crippen molar-refractivity contribution in [3.05, 3.63) is 77.4 Å². The number of nitrogens with two attached hydrogens (primary N) is 1. The van der Waals surface area contributed by atoms with Crippen LogP contribution in [0.1, 0.15) is 36.5 Å². The number of hydrogen-bond acceptors (Lipinski definition) is 6. The van der Waals surface area contributed by atoms with Gasteiger partial charge in [0.2, 0.25) is 5.82 Å². The van der Waals surface area contributed by atoms with Gasteiger partial charge in [0.25, 0.3) is 0 Å². The molecule has 0 aliphatic carbocycles. The van der Waals surface area contributed by atoms with Gasteiger partial charge in [0.05, 0.1) is 11.4 Å². The third-order valence-corrected chi connectivity index (χ3v) is 5.09. The van der Waals surface area contributed by atoms with E-state index in [0.717, 1.165) is 24.5 Å². The number of aromatic nitrogens is 3. The molecule has 0 spiro atoms. The molecule has 0 bridgehead atoms. The van der Waals surface area contributed by atoms with Gasteiger partial charge in [-0.05, 0) is 24.6 Å². The first-order valence-electron chi connectivity index (χ1n) is 10.3. The first kappa shape index (κ1) is 26.1. The number of aromatic amines is 1. The second-order valence-electron chi connectivity index (χ2n) is 7.36. The Morgan fingerprint density at radius 1 is 1.19 bits per heavy atom. The van der Waals surface area contributed by atoms with Gasteiger partial charge in [-0.25, -0.2) is 29.3 Å². The van der Waals surface area contributed by atoms with Gasteiger partial charge in [0.15, 0.2) is 11.6 Å². The number of rotatable bonds is 9. The number of alkyl halides is 3. The monoisotopic (exact) mass is 505 g/mol. The van der Waals surface area contributed by atoms with Crippen molar-refractivity contribution >= 4 is 17.9 Å². The first-order chi connectivity index (χ1) is 17.1. The Morgan fingerprint density at radius 3 is 2.44 bits per heavy atom. The van der Waals surface area contributed by atoms with Crippen LogP contribution >= 0.6 is 0 Å². The van der Waals surface area contributed by atoms with E-state index in [4.69, 9.17) is 16.7 Å². The smallest absolute Gasteiger partial charge is 0.382 e. The summed E-state index contributed by atoms with van der Waals surface area (Å²) in [6, 6.07) is 4.78. The molecule has 0 fully saturated rings. The third-order valence-electron chi connectivity index (χ3n) is 5.09. The summed E-state index contributed by atoms with van der Waals surface area (Å²) in [4.78, 5) is 13.5. The van der Waals surface area contributed by atoms with Crippen LogP contribution in [0.3, 0.4) is 0 Å². The van der Waals surface area contributed by atoms with Crippen LogP contribution in [0.2, 0.25) is 0 Å². The summed E-state index contributed by atoms with van der Waals surface area (Å²) in [6.07, 6.45) is -0.268. The van der Waals surface area contributed by atoms with Gasteiger partial charge in [0.1, 0.15) is 12.2 Å². The molecule has 9 nitrogen and oxygen atoms in total. The van der Waals surface area contributed by atoms with Crippen molar-refractivity contribution in [3.8, 4) is 11.1 Å². The van der Waals surface area contributed by atoms with Crippen molar-refractivity contribution in [1.82, 2.24) is 15.0 Å². The van der Waals surface area contributed by atoms with Crippen LogP contribution in [0.25, 0.3) is 11.1 Å². The fourth-order valence-electron chi connectivity index (χ4n) is 3.38. The molecule has 3 rings (SSSR count). The number of benzene rings is 1. The normalized spacial score (nSPS) is 13.4. The van der Waals surface area contributed by atoms with Gasteiger partial charge in [-0.15, -0.1) is 0 Å². The van der Waals surface area contributed by atoms with Crippen LogP contribution in [-0.4, -0.2) is 27.1 Å². The number of allylic oxidation sites excluding steroid dienone is 1. The maximum atomic E-state index is 13.5. The molecule has 0 radical (unpaired) electrons. The largest absolute Gasteiger partial charge is 0.451 e. The van der Waals surface area contributed by atoms with Gasteiger partial charge in [-0.3, -0.25) is 5.41 Å². The molecule has 6 N–H and O–H groups in total. The molecular formula is C22H20F5N9. The molecule has 0 amide bonds. The van der Waals surface area contributed by atoms with Crippen molar-refractivity contribution in [1.29, 1.82) is 10.9 Å². The maximum absolute atomic E-state index is 13.5. The molecule has 3 aromatic rings. The number of H-pyrrole nitrogens is 1. The topological polar surface area (TPSA) is 152 Å².